The summed E-state index contributed by atoms with van der Waals surface area (Å²) in [6, 6.07) is 7.59. The van der Waals surface area contributed by atoms with Crippen LogP contribution in [0.5, 0.6) is 5.75 Å². The largest absolute Gasteiger partial charge is 0.494 e. The van der Waals surface area contributed by atoms with Crippen LogP contribution in [0.2, 0.25) is 0 Å². The fourth-order valence-electron chi connectivity index (χ4n) is 2.79. The Balaban J connectivity index is 1.81. The van der Waals surface area contributed by atoms with Crippen molar-refractivity contribution in [3.05, 3.63) is 29.8 Å². The van der Waals surface area contributed by atoms with Crippen LogP contribution < -0.4 is 4.74 Å². The van der Waals surface area contributed by atoms with Crippen molar-refractivity contribution in [3.8, 4) is 5.75 Å². The van der Waals surface area contributed by atoms with Crippen LogP contribution in [0.25, 0.3) is 0 Å². The number of hydrogen-bond donors (Lipinski definition) is 1. The Morgan fingerprint density at radius 3 is 2.41 bits per heavy atom. The van der Waals surface area contributed by atoms with E-state index in [0.29, 0.717) is 26.1 Å². The van der Waals surface area contributed by atoms with E-state index in [-0.39, 0.29) is 18.2 Å². The second-order valence-corrected chi connectivity index (χ2v) is 5.68. The van der Waals surface area contributed by atoms with Gasteiger partial charge < -0.3 is 14.7 Å². The van der Waals surface area contributed by atoms with Crippen LogP contribution in [-0.4, -0.2) is 41.6 Å². The molecular formula is C17H23NO4. The van der Waals surface area contributed by atoms with Crippen LogP contribution in [0, 0.1) is 5.92 Å². The third kappa shape index (κ3) is 4.76. The number of amides is 1. The van der Waals surface area contributed by atoms with E-state index < -0.39 is 5.97 Å². The zero-order valence-electron chi connectivity index (χ0n) is 13.0. The van der Waals surface area contributed by atoms with Crippen molar-refractivity contribution in [3.63, 3.8) is 0 Å². The highest BCUT2D eigenvalue weighted by molar-refractivity contribution is 5.79. The minimum absolute atomic E-state index is 0.109. The van der Waals surface area contributed by atoms with Gasteiger partial charge in [0.25, 0.3) is 0 Å². The third-order valence-corrected chi connectivity index (χ3v) is 4.02. The van der Waals surface area contributed by atoms with E-state index in [0.717, 1.165) is 24.2 Å². The average Bonchev–Trinajstić information content (AvgIpc) is 2.49. The molecule has 0 saturated carbocycles. The Bertz CT molecular complexity index is 504. The number of carboxylic acid groups (broad SMARTS) is 1. The van der Waals surface area contributed by atoms with Crippen molar-refractivity contribution in [1.82, 2.24) is 4.90 Å². The molecule has 1 saturated heterocycles. The van der Waals surface area contributed by atoms with Gasteiger partial charge in [-0.05, 0) is 43.4 Å². The molecule has 1 heterocycles. The number of hydrogen-bond acceptors (Lipinski definition) is 3. The van der Waals surface area contributed by atoms with Gasteiger partial charge in [-0.2, -0.15) is 0 Å². The maximum absolute atomic E-state index is 12.3. The molecule has 1 N–H and O–H groups in total. The number of carbonyl (C=O) groups is 2. The quantitative estimate of drug-likeness (QED) is 0.876. The Morgan fingerprint density at radius 1 is 1.23 bits per heavy atom. The van der Waals surface area contributed by atoms with Crippen LogP contribution in [0.3, 0.4) is 0 Å². The molecule has 1 aliphatic heterocycles. The first-order chi connectivity index (χ1) is 10.6. The number of benzene rings is 1. The summed E-state index contributed by atoms with van der Waals surface area (Å²) in [6.07, 6.45) is 2.15. The molecule has 1 fully saturated rings. The molecule has 120 valence electrons. The highest BCUT2D eigenvalue weighted by atomic mass is 16.5. The van der Waals surface area contributed by atoms with E-state index in [4.69, 9.17) is 9.84 Å². The van der Waals surface area contributed by atoms with Gasteiger partial charge in [-0.25, -0.2) is 0 Å². The van der Waals surface area contributed by atoms with E-state index in [1.165, 1.54) is 0 Å². The molecule has 5 nitrogen and oxygen atoms in total. The van der Waals surface area contributed by atoms with Crippen LogP contribution in [0.4, 0.5) is 0 Å². The first kappa shape index (κ1) is 16.3. The molecule has 0 aromatic heterocycles. The molecule has 0 atom stereocenters. The fourth-order valence-corrected chi connectivity index (χ4v) is 2.79. The van der Waals surface area contributed by atoms with Gasteiger partial charge in [-0.15, -0.1) is 0 Å². The number of rotatable bonds is 6. The molecule has 0 unspecified atom stereocenters. The lowest BCUT2D eigenvalue weighted by atomic mass is 9.93. The van der Waals surface area contributed by atoms with Crippen LogP contribution in [0.1, 0.15) is 31.7 Å². The third-order valence-electron chi connectivity index (χ3n) is 4.02. The van der Waals surface area contributed by atoms with E-state index >= 15 is 0 Å². The topological polar surface area (TPSA) is 66.8 Å². The summed E-state index contributed by atoms with van der Waals surface area (Å²) >= 11 is 0. The number of ether oxygens (including phenoxy) is 1. The van der Waals surface area contributed by atoms with E-state index in [2.05, 4.69) is 0 Å². The van der Waals surface area contributed by atoms with Gasteiger partial charge in [-0.3, -0.25) is 9.59 Å². The predicted molar refractivity (Wildman–Crippen MR) is 82.9 cm³/mol. The van der Waals surface area contributed by atoms with Crippen molar-refractivity contribution < 1.29 is 19.4 Å². The summed E-state index contributed by atoms with van der Waals surface area (Å²) in [5.74, 6) is 0.373. The zero-order valence-corrected chi connectivity index (χ0v) is 13.0. The van der Waals surface area contributed by atoms with Gasteiger partial charge in [0.15, 0.2) is 0 Å². The summed E-state index contributed by atoms with van der Waals surface area (Å²) in [4.78, 5) is 24.8. The highest BCUT2D eigenvalue weighted by Gasteiger charge is 2.24. The predicted octanol–water partition coefficient (Wildman–Crippen LogP) is 2.34. The molecule has 1 aromatic carbocycles. The minimum Gasteiger partial charge on any atom is -0.494 e. The smallest absolute Gasteiger partial charge is 0.303 e. The molecule has 0 aliphatic carbocycles. The number of likely N-dealkylation sites (tertiary alicyclic amines) is 1. The lowest BCUT2D eigenvalue weighted by Crippen LogP contribution is -2.39. The molecule has 2 rings (SSSR count). The zero-order chi connectivity index (χ0) is 15.9. The first-order valence-corrected chi connectivity index (χ1v) is 7.79. The summed E-state index contributed by atoms with van der Waals surface area (Å²) in [5.41, 5.74) is 0.973. The number of aliphatic carboxylic acids is 1. The van der Waals surface area contributed by atoms with E-state index in [1.54, 1.807) is 0 Å². The standard InChI is InChI=1S/C17H23NO4/c1-2-22-15-5-3-13(4-6-15)11-16(19)18-9-7-14(8-10-18)12-17(20)21/h3-6,14H,2,7-12H2,1H3,(H,20,21). The highest BCUT2D eigenvalue weighted by Crippen LogP contribution is 2.21. The Labute approximate surface area is 130 Å². The summed E-state index contributed by atoms with van der Waals surface area (Å²) in [5, 5.41) is 8.81. The first-order valence-electron chi connectivity index (χ1n) is 7.79. The number of nitrogens with zero attached hydrogens (tertiary/aromatic N) is 1. The average molecular weight is 305 g/mol. The van der Waals surface area contributed by atoms with Crippen LogP contribution in [-0.2, 0) is 16.0 Å². The van der Waals surface area contributed by atoms with Gasteiger partial charge in [0, 0.05) is 19.5 Å². The molecular weight excluding hydrogens is 282 g/mol. The maximum atomic E-state index is 12.3. The van der Waals surface area contributed by atoms with Gasteiger partial charge in [0.2, 0.25) is 5.91 Å². The Morgan fingerprint density at radius 2 is 1.86 bits per heavy atom. The molecule has 0 bridgehead atoms. The molecule has 1 aliphatic rings. The van der Waals surface area contributed by atoms with Crippen LogP contribution >= 0.6 is 0 Å². The van der Waals surface area contributed by atoms with Gasteiger partial charge in [0.05, 0.1) is 13.0 Å². The number of carbonyl (C=O) groups excluding carboxylic acids is 1. The normalized spacial score (nSPS) is 15.6. The fraction of sp³-hybridized carbons (Fsp3) is 0.529. The molecule has 1 aromatic rings. The van der Waals surface area contributed by atoms with E-state index in [9.17, 15) is 9.59 Å². The minimum atomic E-state index is -0.751. The van der Waals surface area contributed by atoms with Crippen molar-refractivity contribution in [2.45, 2.75) is 32.6 Å². The van der Waals surface area contributed by atoms with Crippen molar-refractivity contribution >= 4 is 11.9 Å². The summed E-state index contributed by atoms with van der Waals surface area (Å²) < 4.78 is 5.38. The Hall–Kier alpha value is -2.04. The molecule has 22 heavy (non-hydrogen) atoms. The van der Waals surface area contributed by atoms with Gasteiger partial charge in [0.1, 0.15) is 5.75 Å². The Kier molecular flexibility index (Phi) is 5.81. The van der Waals surface area contributed by atoms with Crippen molar-refractivity contribution in [2.75, 3.05) is 19.7 Å². The molecule has 1 amide bonds. The second-order valence-electron chi connectivity index (χ2n) is 5.68. The van der Waals surface area contributed by atoms with Gasteiger partial charge >= 0.3 is 5.97 Å². The van der Waals surface area contributed by atoms with Crippen molar-refractivity contribution in [1.29, 1.82) is 0 Å². The lowest BCUT2D eigenvalue weighted by molar-refractivity contribution is -0.138. The van der Waals surface area contributed by atoms with Crippen LogP contribution in [0.15, 0.2) is 24.3 Å². The summed E-state index contributed by atoms with van der Waals surface area (Å²) in [6.45, 7) is 3.89. The second kappa shape index (κ2) is 7.82. The molecule has 0 radical (unpaired) electrons. The number of piperidine rings is 1. The molecule has 5 heteroatoms. The van der Waals surface area contributed by atoms with Crippen molar-refractivity contribution in [2.24, 2.45) is 5.92 Å². The van der Waals surface area contributed by atoms with E-state index in [1.807, 2.05) is 36.1 Å². The maximum Gasteiger partial charge on any atom is 0.303 e. The summed E-state index contributed by atoms with van der Waals surface area (Å²) in [7, 11) is 0. The van der Waals surface area contributed by atoms with Gasteiger partial charge in [-0.1, -0.05) is 12.1 Å². The lowest BCUT2D eigenvalue weighted by Gasteiger charge is -2.31. The monoisotopic (exact) mass is 305 g/mol. The SMILES string of the molecule is CCOc1ccc(CC(=O)N2CCC(CC(=O)O)CC2)cc1. The number of carboxylic acids is 1. The molecule has 0 spiro atoms.